The normalized spacial score (nSPS) is 12.2. The highest BCUT2D eigenvalue weighted by molar-refractivity contribution is 7.92. The summed E-state index contributed by atoms with van der Waals surface area (Å²) in [5.74, 6) is 0.135. The van der Waals surface area contributed by atoms with Crippen molar-refractivity contribution < 1.29 is 22.7 Å². The lowest BCUT2D eigenvalue weighted by molar-refractivity contribution is -0.122. The minimum Gasteiger partial charge on any atom is -0.495 e. The van der Waals surface area contributed by atoms with E-state index in [-0.39, 0.29) is 16.5 Å². The predicted octanol–water partition coefficient (Wildman–Crippen LogP) is 3.78. The van der Waals surface area contributed by atoms with Crippen molar-refractivity contribution in [3.63, 3.8) is 0 Å². The van der Waals surface area contributed by atoms with E-state index in [1.165, 1.54) is 19.2 Å². The number of anilines is 2. The second-order valence-corrected chi connectivity index (χ2v) is 8.12. The molecule has 1 amide bonds. The summed E-state index contributed by atoms with van der Waals surface area (Å²) < 4.78 is 35.9. The Morgan fingerprint density at radius 1 is 1.15 bits per heavy atom. The highest BCUT2D eigenvalue weighted by Crippen LogP contribution is 2.32. The van der Waals surface area contributed by atoms with Gasteiger partial charge in [-0.2, -0.15) is 0 Å². The highest BCUT2D eigenvalue weighted by atomic mass is 35.5. The van der Waals surface area contributed by atoms with Crippen LogP contribution in [0.15, 0.2) is 36.4 Å². The monoisotopic (exact) mass is 432 g/mol. The highest BCUT2D eigenvalue weighted by Gasteiger charge is 2.18. The van der Waals surface area contributed by atoms with Crippen molar-refractivity contribution >= 4 is 50.5 Å². The molecule has 0 aliphatic carbocycles. The van der Waals surface area contributed by atoms with Crippen molar-refractivity contribution in [2.75, 3.05) is 23.4 Å². The van der Waals surface area contributed by atoms with E-state index in [4.69, 9.17) is 32.7 Å². The molecule has 0 spiro atoms. The molecule has 0 aromatic heterocycles. The van der Waals surface area contributed by atoms with Gasteiger partial charge in [0.1, 0.15) is 16.5 Å². The fourth-order valence-electron chi connectivity index (χ4n) is 2.13. The Hall–Kier alpha value is -2.16. The van der Waals surface area contributed by atoms with E-state index in [0.717, 1.165) is 6.26 Å². The fourth-order valence-corrected chi connectivity index (χ4v) is 3.02. The van der Waals surface area contributed by atoms with Gasteiger partial charge in [0.05, 0.1) is 24.1 Å². The molecule has 10 heteroatoms. The predicted molar refractivity (Wildman–Crippen MR) is 107 cm³/mol. The van der Waals surface area contributed by atoms with Gasteiger partial charge in [-0.05, 0) is 37.3 Å². The van der Waals surface area contributed by atoms with Gasteiger partial charge in [-0.3, -0.25) is 9.52 Å². The van der Waals surface area contributed by atoms with Gasteiger partial charge in [-0.25, -0.2) is 8.42 Å². The second kappa shape index (κ2) is 8.69. The molecule has 0 aliphatic heterocycles. The largest absolute Gasteiger partial charge is 0.495 e. The topological polar surface area (TPSA) is 93.7 Å². The number of hydrogen-bond acceptors (Lipinski definition) is 5. The summed E-state index contributed by atoms with van der Waals surface area (Å²) >= 11 is 12.0. The minimum atomic E-state index is -3.52. The van der Waals surface area contributed by atoms with Crippen LogP contribution in [-0.4, -0.2) is 33.8 Å². The van der Waals surface area contributed by atoms with Crippen LogP contribution in [0.3, 0.4) is 0 Å². The molecular formula is C17H18Cl2N2O5S. The van der Waals surface area contributed by atoms with E-state index in [1.54, 1.807) is 31.2 Å². The molecular weight excluding hydrogens is 415 g/mol. The number of hydrogen-bond donors (Lipinski definition) is 2. The summed E-state index contributed by atoms with van der Waals surface area (Å²) in [6.07, 6.45) is 0.136. The maximum absolute atomic E-state index is 12.4. The molecule has 27 heavy (non-hydrogen) atoms. The number of ether oxygens (including phenoxy) is 2. The Morgan fingerprint density at radius 3 is 2.48 bits per heavy atom. The first kappa shape index (κ1) is 21.1. The van der Waals surface area contributed by atoms with Crippen LogP contribution in [0, 0.1) is 0 Å². The van der Waals surface area contributed by atoms with Crippen LogP contribution in [0.1, 0.15) is 6.92 Å². The number of nitrogens with one attached hydrogen (secondary N) is 2. The lowest BCUT2D eigenvalue weighted by Gasteiger charge is -2.17. The number of methoxy groups -OCH3 is 1. The Morgan fingerprint density at radius 2 is 1.85 bits per heavy atom. The van der Waals surface area contributed by atoms with Crippen LogP contribution >= 0.6 is 23.2 Å². The molecule has 146 valence electrons. The molecule has 0 fully saturated rings. The smallest absolute Gasteiger partial charge is 0.265 e. The van der Waals surface area contributed by atoms with Gasteiger partial charge >= 0.3 is 0 Å². The third-order valence-electron chi connectivity index (χ3n) is 3.35. The van der Waals surface area contributed by atoms with E-state index in [9.17, 15) is 13.2 Å². The van der Waals surface area contributed by atoms with Crippen molar-refractivity contribution in [1.29, 1.82) is 0 Å². The summed E-state index contributed by atoms with van der Waals surface area (Å²) in [7, 11) is -2.11. The van der Waals surface area contributed by atoms with Crippen LogP contribution in [-0.2, 0) is 14.8 Å². The average Bonchev–Trinajstić information content (AvgIpc) is 2.57. The van der Waals surface area contributed by atoms with E-state index in [1.807, 2.05) is 0 Å². The molecule has 2 N–H and O–H groups in total. The lowest BCUT2D eigenvalue weighted by Crippen LogP contribution is -2.30. The van der Waals surface area contributed by atoms with Gasteiger partial charge in [0, 0.05) is 5.69 Å². The zero-order valence-corrected chi connectivity index (χ0v) is 17.1. The van der Waals surface area contributed by atoms with Crippen LogP contribution in [0.2, 0.25) is 10.0 Å². The molecule has 2 aromatic rings. The minimum absolute atomic E-state index is 0.198. The number of carbonyl (C=O) groups is 1. The number of amides is 1. The Labute approximate surface area is 167 Å². The zero-order chi connectivity index (χ0) is 20.2. The van der Waals surface area contributed by atoms with Gasteiger partial charge in [0.25, 0.3) is 5.91 Å². The number of benzene rings is 2. The SMILES string of the molecule is COc1ccc(NC(=O)C(C)Oc2cccc(Cl)c2Cl)cc1NS(C)(=O)=O. The number of carbonyl (C=O) groups excluding carboxylic acids is 1. The second-order valence-electron chi connectivity index (χ2n) is 5.59. The standard InChI is InChI=1S/C17H18Cl2N2O5S/c1-10(26-15-6-4-5-12(18)16(15)19)17(22)20-11-7-8-14(25-2)13(9-11)21-27(3,23)24/h4-10,21H,1-3H3,(H,20,22). The average molecular weight is 433 g/mol. The van der Waals surface area contributed by atoms with E-state index in [0.29, 0.717) is 16.5 Å². The Balaban J connectivity index is 2.14. The summed E-state index contributed by atoms with van der Waals surface area (Å²) in [4.78, 5) is 12.4. The molecule has 1 unspecified atom stereocenters. The van der Waals surface area contributed by atoms with Crippen molar-refractivity contribution in [1.82, 2.24) is 0 Å². The molecule has 0 saturated heterocycles. The molecule has 0 radical (unpaired) electrons. The Bertz CT molecular complexity index is 950. The first-order chi connectivity index (χ1) is 12.6. The van der Waals surface area contributed by atoms with Crippen molar-refractivity contribution in [2.45, 2.75) is 13.0 Å². The Kier molecular flexibility index (Phi) is 6.80. The lowest BCUT2D eigenvalue weighted by atomic mass is 10.2. The van der Waals surface area contributed by atoms with Crippen LogP contribution in [0.5, 0.6) is 11.5 Å². The third kappa shape index (κ3) is 5.92. The van der Waals surface area contributed by atoms with Crippen LogP contribution in [0.25, 0.3) is 0 Å². The molecule has 0 bridgehead atoms. The number of halogens is 2. The van der Waals surface area contributed by atoms with Gasteiger partial charge in [0.15, 0.2) is 6.10 Å². The first-order valence-corrected chi connectivity index (χ1v) is 10.3. The number of sulfonamides is 1. The molecule has 1 atom stereocenters. The quantitative estimate of drug-likeness (QED) is 0.693. The first-order valence-electron chi connectivity index (χ1n) is 7.68. The fraction of sp³-hybridized carbons (Fsp3) is 0.235. The molecule has 2 rings (SSSR count). The zero-order valence-electron chi connectivity index (χ0n) is 14.7. The molecule has 7 nitrogen and oxygen atoms in total. The van der Waals surface area contributed by atoms with Gasteiger partial charge in [-0.1, -0.05) is 29.3 Å². The summed E-state index contributed by atoms with van der Waals surface area (Å²) in [6.45, 7) is 1.55. The van der Waals surface area contributed by atoms with E-state index >= 15 is 0 Å². The summed E-state index contributed by atoms with van der Waals surface area (Å²) in [5.41, 5.74) is 0.559. The van der Waals surface area contributed by atoms with E-state index in [2.05, 4.69) is 10.0 Å². The van der Waals surface area contributed by atoms with Crippen molar-refractivity contribution in [3.8, 4) is 11.5 Å². The molecule has 0 saturated carbocycles. The molecule has 2 aromatic carbocycles. The van der Waals surface area contributed by atoms with Crippen molar-refractivity contribution in [2.24, 2.45) is 0 Å². The van der Waals surface area contributed by atoms with Gasteiger partial charge in [0.2, 0.25) is 10.0 Å². The third-order valence-corrected chi connectivity index (χ3v) is 4.74. The van der Waals surface area contributed by atoms with Crippen LogP contribution < -0.4 is 19.5 Å². The molecule has 0 aliphatic rings. The van der Waals surface area contributed by atoms with Gasteiger partial charge in [-0.15, -0.1) is 0 Å². The maximum atomic E-state index is 12.4. The van der Waals surface area contributed by atoms with Gasteiger partial charge < -0.3 is 14.8 Å². The van der Waals surface area contributed by atoms with Crippen molar-refractivity contribution in [3.05, 3.63) is 46.4 Å². The van der Waals surface area contributed by atoms with Crippen LogP contribution in [0.4, 0.5) is 11.4 Å². The maximum Gasteiger partial charge on any atom is 0.265 e. The van der Waals surface area contributed by atoms with E-state index < -0.39 is 22.0 Å². The summed E-state index contributed by atoms with van der Waals surface area (Å²) in [5, 5.41) is 3.17. The molecule has 0 heterocycles. The summed E-state index contributed by atoms with van der Waals surface area (Å²) in [6, 6.07) is 9.40. The number of rotatable bonds is 7.